The molecule has 0 amide bonds. The highest BCUT2D eigenvalue weighted by Crippen LogP contribution is 2.26. The van der Waals surface area contributed by atoms with Crippen molar-refractivity contribution < 1.29 is 8.42 Å². The minimum atomic E-state index is -3.35. The third-order valence-electron chi connectivity index (χ3n) is 3.81. The Bertz CT molecular complexity index is 519. The zero-order valence-corrected chi connectivity index (χ0v) is 12.5. The Hall–Kier alpha value is -0.870. The highest BCUT2D eigenvalue weighted by atomic mass is 32.2. The van der Waals surface area contributed by atoms with Gasteiger partial charge in [-0.05, 0) is 42.9 Å². The van der Waals surface area contributed by atoms with Gasteiger partial charge in [-0.3, -0.25) is 0 Å². The number of rotatable bonds is 4. The smallest absolute Gasteiger partial charge is 0.207 e. The molecule has 0 aromatic heterocycles. The predicted octanol–water partition coefficient (Wildman–Crippen LogP) is 3.54. The van der Waals surface area contributed by atoms with Gasteiger partial charge >= 0.3 is 0 Å². The topological polar surface area (TPSA) is 37.4 Å². The van der Waals surface area contributed by atoms with E-state index in [1.54, 1.807) is 6.07 Å². The summed E-state index contributed by atoms with van der Waals surface area (Å²) >= 11 is 0. The molecule has 1 aromatic carbocycles. The van der Waals surface area contributed by atoms with E-state index in [1.165, 1.54) is 4.31 Å². The van der Waals surface area contributed by atoms with Crippen LogP contribution in [0.3, 0.4) is 0 Å². The second-order valence-electron chi connectivity index (χ2n) is 5.18. The lowest BCUT2D eigenvalue weighted by Gasteiger charge is -2.25. The van der Waals surface area contributed by atoms with E-state index in [4.69, 9.17) is 0 Å². The van der Waals surface area contributed by atoms with Gasteiger partial charge in [-0.25, -0.2) is 8.42 Å². The summed E-state index contributed by atoms with van der Waals surface area (Å²) in [6.07, 6.45) is 3.89. The largest absolute Gasteiger partial charge is 0.243 e. The van der Waals surface area contributed by atoms with Crippen LogP contribution >= 0.6 is 0 Å². The van der Waals surface area contributed by atoms with Crippen molar-refractivity contribution in [1.82, 2.24) is 4.31 Å². The Labute approximate surface area is 116 Å². The van der Waals surface area contributed by atoms with Gasteiger partial charge in [0.25, 0.3) is 0 Å². The molecule has 105 valence electrons. The van der Waals surface area contributed by atoms with Crippen molar-refractivity contribution in [2.24, 2.45) is 0 Å². The number of piperidine rings is 1. The van der Waals surface area contributed by atoms with Crippen molar-refractivity contribution in [3.63, 3.8) is 0 Å². The molecular formula is C15H22NO2S. The molecule has 3 nitrogen and oxygen atoms in total. The van der Waals surface area contributed by atoms with Crippen LogP contribution in [0.4, 0.5) is 0 Å². The lowest BCUT2D eigenvalue weighted by atomic mass is 9.99. The summed E-state index contributed by atoms with van der Waals surface area (Å²) in [4.78, 5) is 0.420. The molecule has 0 N–H and O–H groups in total. The lowest BCUT2D eigenvalue weighted by molar-refractivity contribution is 0.400. The quantitative estimate of drug-likeness (QED) is 0.846. The normalized spacial score (nSPS) is 19.3. The molecule has 1 atom stereocenters. The van der Waals surface area contributed by atoms with Gasteiger partial charge < -0.3 is 0 Å². The third-order valence-corrected chi connectivity index (χ3v) is 5.61. The first kappa shape index (κ1) is 14.5. The third kappa shape index (κ3) is 3.18. The highest BCUT2D eigenvalue weighted by molar-refractivity contribution is 7.89. The van der Waals surface area contributed by atoms with Gasteiger partial charge in [-0.15, -0.1) is 0 Å². The number of benzene rings is 1. The van der Waals surface area contributed by atoms with Crippen LogP contribution in [-0.2, 0) is 10.0 Å². The predicted molar refractivity (Wildman–Crippen MR) is 77.2 cm³/mol. The van der Waals surface area contributed by atoms with E-state index in [9.17, 15) is 8.42 Å². The van der Waals surface area contributed by atoms with Crippen molar-refractivity contribution in [2.75, 3.05) is 6.54 Å². The molecule has 1 saturated heterocycles. The average molecular weight is 280 g/mol. The van der Waals surface area contributed by atoms with E-state index in [1.807, 2.05) is 24.7 Å². The van der Waals surface area contributed by atoms with Gasteiger partial charge in [0.15, 0.2) is 0 Å². The first-order valence-corrected chi connectivity index (χ1v) is 8.45. The van der Waals surface area contributed by atoms with Gasteiger partial charge in [0, 0.05) is 13.1 Å². The van der Waals surface area contributed by atoms with E-state index >= 15 is 0 Å². The van der Waals surface area contributed by atoms with Crippen molar-refractivity contribution in [2.45, 2.75) is 50.3 Å². The molecule has 19 heavy (non-hydrogen) atoms. The molecule has 1 aliphatic heterocycles. The summed E-state index contributed by atoms with van der Waals surface area (Å²) in [6.45, 7) is 6.66. The van der Waals surface area contributed by atoms with Gasteiger partial charge in [0.05, 0.1) is 4.90 Å². The zero-order valence-electron chi connectivity index (χ0n) is 11.7. The Morgan fingerprint density at radius 3 is 2.74 bits per heavy atom. The fourth-order valence-electron chi connectivity index (χ4n) is 2.31. The molecule has 0 aliphatic carbocycles. The summed E-state index contributed by atoms with van der Waals surface area (Å²) in [7, 11) is -3.35. The molecule has 0 bridgehead atoms. The van der Waals surface area contributed by atoms with Crippen LogP contribution in [0.2, 0.25) is 0 Å². The summed E-state index contributed by atoms with van der Waals surface area (Å²) in [5.74, 6) is 0.389. The van der Waals surface area contributed by atoms with E-state index in [-0.39, 0.29) is 0 Å². The fourth-order valence-corrected chi connectivity index (χ4v) is 3.79. The van der Waals surface area contributed by atoms with E-state index in [0.717, 1.165) is 31.2 Å². The maximum atomic E-state index is 12.5. The van der Waals surface area contributed by atoms with Crippen molar-refractivity contribution in [3.8, 4) is 0 Å². The molecule has 4 heteroatoms. The second-order valence-corrected chi connectivity index (χ2v) is 7.07. The minimum absolute atomic E-state index is 0.389. The standard InChI is InChI=1S/C15H22NO2S/c1-3-13(2)14-8-7-9-15(12-14)19(17,18)16-10-5-4-6-11-16/h7-10,12-13H,3-6,11H2,1-2H3. The van der Waals surface area contributed by atoms with Crippen molar-refractivity contribution in [3.05, 3.63) is 36.4 Å². The molecule has 0 spiro atoms. The minimum Gasteiger partial charge on any atom is -0.207 e. The molecule has 1 unspecified atom stereocenters. The van der Waals surface area contributed by atoms with Crippen LogP contribution < -0.4 is 0 Å². The monoisotopic (exact) mass is 280 g/mol. The SMILES string of the molecule is CCC(C)c1cccc(S(=O)(=O)N2[CH]CCCC2)c1. The second kappa shape index (κ2) is 6.06. The number of nitrogens with zero attached hydrogens (tertiary/aromatic N) is 1. The molecule has 1 aliphatic rings. The molecule has 2 rings (SSSR count). The molecule has 1 aromatic rings. The maximum Gasteiger partial charge on any atom is 0.243 e. The van der Waals surface area contributed by atoms with E-state index in [2.05, 4.69) is 13.8 Å². The van der Waals surface area contributed by atoms with Gasteiger partial charge in [-0.2, -0.15) is 4.31 Å². The summed E-state index contributed by atoms with van der Waals surface area (Å²) < 4.78 is 26.6. The fraction of sp³-hybridized carbons (Fsp3) is 0.533. The first-order valence-electron chi connectivity index (χ1n) is 7.01. The Morgan fingerprint density at radius 2 is 2.11 bits per heavy atom. The molecule has 1 heterocycles. The zero-order chi connectivity index (χ0) is 13.9. The summed E-state index contributed by atoms with van der Waals surface area (Å²) in [6, 6.07) is 7.38. The Morgan fingerprint density at radius 1 is 1.32 bits per heavy atom. The molecular weight excluding hydrogens is 258 g/mol. The van der Waals surface area contributed by atoms with Crippen LogP contribution in [0.25, 0.3) is 0 Å². The van der Waals surface area contributed by atoms with Crippen LogP contribution in [0.5, 0.6) is 0 Å². The Balaban J connectivity index is 2.29. The van der Waals surface area contributed by atoms with E-state index in [0.29, 0.717) is 17.4 Å². The Kier molecular flexibility index (Phi) is 4.63. The van der Waals surface area contributed by atoms with Gasteiger partial charge in [-0.1, -0.05) is 32.4 Å². The molecule has 0 saturated carbocycles. The molecule has 1 radical (unpaired) electrons. The van der Waals surface area contributed by atoms with Crippen molar-refractivity contribution in [1.29, 1.82) is 0 Å². The van der Waals surface area contributed by atoms with Crippen LogP contribution in [-0.4, -0.2) is 19.3 Å². The van der Waals surface area contributed by atoms with Crippen LogP contribution in [0.1, 0.15) is 51.0 Å². The highest BCUT2D eigenvalue weighted by Gasteiger charge is 2.26. The van der Waals surface area contributed by atoms with Crippen molar-refractivity contribution >= 4 is 10.0 Å². The number of sulfonamides is 1. The molecule has 1 fully saturated rings. The van der Waals surface area contributed by atoms with Gasteiger partial charge in [0.2, 0.25) is 10.0 Å². The average Bonchev–Trinajstić information content (AvgIpc) is 2.47. The summed E-state index contributed by atoms with van der Waals surface area (Å²) in [5, 5.41) is 0. The van der Waals surface area contributed by atoms with Crippen LogP contribution in [0, 0.1) is 6.54 Å². The summed E-state index contributed by atoms with van der Waals surface area (Å²) in [5.41, 5.74) is 1.10. The maximum absolute atomic E-state index is 12.5. The van der Waals surface area contributed by atoms with Crippen LogP contribution in [0.15, 0.2) is 29.2 Å². The number of hydrogen-bond donors (Lipinski definition) is 0. The lowest BCUT2D eigenvalue weighted by Crippen LogP contribution is -2.32. The van der Waals surface area contributed by atoms with Gasteiger partial charge in [0.1, 0.15) is 0 Å². The first-order chi connectivity index (χ1) is 9.05. The van der Waals surface area contributed by atoms with E-state index < -0.39 is 10.0 Å². The number of hydrogen-bond acceptors (Lipinski definition) is 2.